The summed E-state index contributed by atoms with van der Waals surface area (Å²) in [6, 6.07) is 3.02. The molecule has 1 N–H and O–H groups in total. The molecular weight excluding hydrogens is 214 g/mol. The van der Waals surface area contributed by atoms with E-state index in [1.807, 2.05) is 11.3 Å². The molecule has 0 amide bonds. The van der Waals surface area contributed by atoms with Gasteiger partial charge in [-0.3, -0.25) is 0 Å². The maximum absolute atomic E-state index is 3.75. The largest absolute Gasteiger partial charge is 0.310 e. The maximum atomic E-state index is 3.75. The van der Waals surface area contributed by atoms with Gasteiger partial charge in [-0.15, -0.1) is 11.3 Å². The van der Waals surface area contributed by atoms with Crippen LogP contribution >= 0.6 is 11.3 Å². The first-order valence-corrected chi connectivity index (χ1v) is 7.34. The van der Waals surface area contributed by atoms with Crippen LogP contribution < -0.4 is 5.32 Å². The summed E-state index contributed by atoms with van der Waals surface area (Å²) in [6.45, 7) is 7.89. The van der Waals surface area contributed by atoms with Gasteiger partial charge in [0, 0.05) is 15.8 Å². The number of thiophene rings is 1. The molecule has 0 saturated heterocycles. The molecule has 1 aromatic rings. The van der Waals surface area contributed by atoms with E-state index in [9.17, 15) is 0 Å². The Kier molecular flexibility index (Phi) is 4.04. The van der Waals surface area contributed by atoms with Gasteiger partial charge in [0.25, 0.3) is 0 Å². The predicted molar refractivity (Wildman–Crippen MR) is 72.2 cm³/mol. The van der Waals surface area contributed by atoms with E-state index in [1.54, 1.807) is 5.56 Å². The van der Waals surface area contributed by atoms with Crippen LogP contribution in [-0.2, 0) is 0 Å². The molecule has 0 radical (unpaired) electrons. The van der Waals surface area contributed by atoms with Crippen molar-refractivity contribution in [1.82, 2.24) is 5.32 Å². The van der Waals surface area contributed by atoms with Crippen molar-refractivity contribution >= 4 is 11.3 Å². The van der Waals surface area contributed by atoms with Gasteiger partial charge in [-0.2, -0.15) is 0 Å². The summed E-state index contributed by atoms with van der Waals surface area (Å²) < 4.78 is 0. The number of nitrogens with one attached hydrogen (secondary N) is 1. The minimum absolute atomic E-state index is 0.624. The van der Waals surface area contributed by atoms with Gasteiger partial charge in [0.2, 0.25) is 0 Å². The lowest BCUT2D eigenvalue weighted by molar-refractivity contribution is 0.231. The molecule has 1 aliphatic rings. The lowest BCUT2D eigenvalue weighted by Crippen LogP contribution is -2.32. The Morgan fingerprint density at radius 1 is 1.44 bits per heavy atom. The number of hydrogen-bond acceptors (Lipinski definition) is 2. The van der Waals surface area contributed by atoms with Crippen LogP contribution in [-0.4, -0.2) is 6.54 Å². The molecule has 1 atom stereocenters. The highest BCUT2D eigenvalue weighted by molar-refractivity contribution is 7.12. The molecule has 0 aromatic carbocycles. The van der Waals surface area contributed by atoms with Crippen molar-refractivity contribution in [2.45, 2.75) is 52.5 Å². The van der Waals surface area contributed by atoms with Crippen LogP contribution in [0.2, 0.25) is 0 Å². The van der Waals surface area contributed by atoms with Crippen LogP contribution in [0.4, 0.5) is 0 Å². The van der Waals surface area contributed by atoms with E-state index < -0.39 is 0 Å². The zero-order chi connectivity index (χ0) is 11.5. The van der Waals surface area contributed by atoms with Crippen LogP contribution in [0, 0.1) is 19.8 Å². The summed E-state index contributed by atoms with van der Waals surface area (Å²) in [5.41, 5.74) is 1.57. The summed E-state index contributed by atoms with van der Waals surface area (Å²) in [4.78, 5) is 2.97. The van der Waals surface area contributed by atoms with Gasteiger partial charge in [-0.1, -0.05) is 13.3 Å². The van der Waals surface area contributed by atoms with E-state index >= 15 is 0 Å². The highest BCUT2D eigenvalue weighted by atomic mass is 32.1. The minimum Gasteiger partial charge on any atom is -0.310 e. The average Bonchev–Trinajstić information content (AvgIpc) is 2.49. The van der Waals surface area contributed by atoms with E-state index in [0.29, 0.717) is 6.04 Å². The second kappa shape index (κ2) is 5.33. The van der Waals surface area contributed by atoms with E-state index in [2.05, 4.69) is 32.2 Å². The normalized spacial score (nSPS) is 18.4. The zero-order valence-electron chi connectivity index (χ0n) is 10.7. The molecule has 0 spiro atoms. The first kappa shape index (κ1) is 12.1. The number of hydrogen-bond donors (Lipinski definition) is 1. The highest BCUT2D eigenvalue weighted by Gasteiger charge is 2.29. The first-order valence-electron chi connectivity index (χ1n) is 6.52. The van der Waals surface area contributed by atoms with E-state index in [-0.39, 0.29) is 0 Å². The molecule has 90 valence electrons. The van der Waals surface area contributed by atoms with Gasteiger partial charge in [0.1, 0.15) is 0 Å². The zero-order valence-corrected chi connectivity index (χ0v) is 11.5. The Morgan fingerprint density at radius 3 is 2.62 bits per heavy atom. The number of aryl methyl sites for hydroxylation is 2. The molecule has 1 heterocycles. The fourth-order valence-corrected chi connectivity index (χ4v) is 3.54. The fraction of sp³-hybridized carbons (Fsp3) is 0.714. The molecule has 0 aliphatic heterocycles. The molecule has 0 bridgehead atoms. The van der Waals surface area contributed by atoms with E-state index in [1.165, 1.54) is 35.4 Å². The van der Waals surface area contributed by atoms with E-state index in [0.717, 1.165) is 12.5 Å². The summed E-state index contributed by atoms with van der Waals surface area (Å²) >= 11 is 1.94. The van der Waals surface area contributed by atoms with Crippen molar-refractivity contribution in [3.8, 4) is 0 Å². The molecule has 1 nitrogen and oxygen atoms in total. The Labute approximate surface area is 103 Å². The molecule has 1 fully saturated rings. The summed E-state index contributed by atoms with van der Waals surface area (Å²) in [6.07, 6.45) is 5.48. The summed E-state index contributed by atoms with van der Waals surface area (Å²) in [5.74, 6) is 0.888. The average molecular weight is 237 g/mol. The summed E-state index contributed by atoms with van der Waals surface area (Å²) in [5, 5.41) is 3.75. The molecule has 1 saturated carbocycles. The topological polar surface area (TPSA) is 12.0 Å². The van der Waals surface area contributed by atoms with E-state index in [4.69, 9.17) is 0 Å². The standard InChI is InChI=1S/C14H23NS/c1-4-8-15-14(12-6-5-7-12)13-9-10(2)16-11(13)3/h9,12,14-15H,4-8H2,1-3H3. The molecule has 2 rings (SSSR count). The third-order valence-corrected chi connectivity index (χ3v) is 4.63. The first-order chi connectivity index (χ1) is 7.72. The third kappa shape index (κ3) is 2.49. The summed E-state index contributed by atoms with van der Waals surface area (Å²) in [7, 11) is 0. The van der Waals surface area contributed by atoms with Gasteiger partial charge in [-0.25, -0.2) is 0 Å². The second-order valence-electron chi connectivity index (χ2n) is 4.99. The molecule has 1 aromatic heterocycles. The minimum atomic E-state index is 0.624. The predicted octanol–water partition coefficient (Wildman–Crippen LogP) is 4.21. The van der Waals surface area contributed by atoms with Crippen molar-refractivity contribution in [2.24, 2.45) is 5.92 Å². The van der Waals surface area contributed by atoms with Crippen molar-refractivity contribution in [3.05, 3.63) is 21.4 Å². The van der Waals surface area contributed by atoms with Crippen LogP contribution in [0.3, 0.4) is 0 Å². The SMILES string of the molecule is CCCNC(c1cc(C)sc1C)C1CCC1. The van der Waals surface area contributed by atoms with Crippen molar-refractivity contribution in [1.29, 1.82) is 0 Å². The quantitative estimate of drug-likeness (QED) is 0.809. The molecular formula is C14H23NS. The lowest BCUT2D eigenvalue weighted by atomic mass is 9.77. The second-order valence-corrected chi connectivity index (χ2v) is 6.45. The van der Waals surface area contributed by atoms with Crippen LogP contribution in [0.25, 0.3) is 0 Å². The van der Waals surface area contributed by atoms with Gasteiger partial charge in [0.15, 0.2) is 0 Å². The van der Waals surface area contributed by atoms with Crippen molar-refractivity contribution < 1.29 is 0 Å². The smallest absolute Gasteiger partial charge is 0.0359 e. The molecule has 1 aliphatic carbocycles. The Hall–Kier alpha value is -0.340. The monoisotopic (exact) mass is 237 g/mol. The number of rotatable bonds is 5. The third-order valence-electron chi connectivity index (χ3n) is 3.65. The van der Waals surface area contributed by atoms with Crippen LogP contribution in [0.15, 0.2) is 6.07 Å². The Balaban J connectivity index is 2.13. The molecule has 1 unspecified atom stereocenters. The fourth-order valence-electron chi connectivity index (χ4n) is 2.56. The van der Waals surface area contributed by atoms with Crippen LogP contribution in [0.1, 0.15) is 54.0 Å². The molecule has 2 heteroatoms. The van der Waals surface area contributed by atoms with Gasteiger partial charge in [0.05, 0.1) is 0 Å². The Morgan fingerprint density at radius 2 is 2.19 bits per heavy atom. The van der Waals surface area contributed by atoms with Crippen molar-refractivity contribution in [2.75, 3.05) is 6.54 Å². The van der Waals surface area contributed by atoms with Crippen LogP contribution in [0.5, 0.6) is 0 Å². The Bertz CT molecular complexity index is 339. The maximum Gasteiger partial charge on any atom is 0.0359 e. The molecule has 16 heavy (non-hydrogen) atoms. The van der Waals surface area contributed by atoms with Gasteiger partial charge >= 0.3 is 0 Å². The van der Waals surface area contributed by atoms with Crippen molar-refractivity contribution in [3.63, 3.8) is 0 Å². The highest BCUT2D eigenvalue weighted by Crippen LogP contribution is 2.40. The van der Waals surface area contributed by atoms with Gasteiger partial charge < -0.3 is 5.32 Å². The van der Waals surface area contributed by atoms with Gasteiger partial charge in [-0.05, 0) is 57.2 Å². The lowest BCUT2D eigenvalue weighted by Gasteiger charge is -2.34.